The zero-order valence-electron chi connectivity index (χ0n) is 7.39. The van der Waals surface area contributed by atoms with Gasteiger partial charge in [-0.1, -0.05) is 11.6 Å². The molecule has 3 heteroatoms. The SMILES string of the molecule is CC(=O)c1cc(C)c(C#N)cc1Cl. The Morgan fingerprint density at radius 2 is 2.15 bits per heavy atom. The van der Waals surface area contributed by atoms with Crippen LogP contribution in [0.25, 0.3) is 0 Å². The van der Waals surface area contributed by atoms with E-state index in [0.717, 1.165) is 5.56 Å². The highest BCUT2D eigenvalue weighted by Gasteiger charge is 2.08. The fraction of sp³-hybridized carbons (Fsp3) is 0.200. The lowest BCUT2D eigenvalue weighted by atomic mass is 10.0. The van der Waals surface area contributed by atoms with Crippen molar-refractivity contribution in [3.05, 3.63) is 33.8 Å². The monoisotopic (exact) mass is 193 g/mol. The number of nitrogens with zero attached hydrogens (tertiary/aromatic N) is 1. The summed E-state index contributed by atoms with van der Waals surface area (Å²) in [6, 6.07) is 5.17. The molecule has 1 aromatic rings. The number of rotatable bonds is 1. The number of hydrogen-bond donors (Lipinski definition) is 0. The lowest BCUT2D eigenvalue weighted by Crippen LogP contribution is -1.96. The van der Waals surface area contributed by atoms with Gasteiger partial charge in [-0.15, -0.1) is 0 Å². The van der Waals surface area contributed by atoms with Gasteiger partial charge in [0.05, 0.1) is 16.7 Å². The first-order valence-electron chi connectivity index (χ1n) is 3.77. The second-order valence-electron chi connectivity index (χ2n) is 2.81. The number of benzene rings is 1. The van der Waals surface area contributed by atoms with Gasteiger partial charge in [0.1, 0.15) is 0 Å². The van der Waals surface area contributed by atoms with Gasteiger partial charge in [0.15, 0.2) is 5.78 Å². The van der Waals surface area contributed by atoms with Crippen LogP contribution in [0.3, 0.4) is 0 Å². The topological polar surface area (TPSA) is 40.9 Å². The minimum absolute atomic E-state index is 0.0856. The van der Waals surface area contributed by atoms with Crippen molar-refractivity contribution in [2.24, 2.45) is 0 Å². The second-order valence-corrected chi connectivity index (χ2v) is 3.22. The van der Waals surface area contributed by atoms with Gasteiger partial charge in [-0.3, -0.25) is 4.79 Å². The Balaban J connectivity index is 3.39. The predicted octanol–water partition coefficient (Wildman–Crippen LogP) is 2.72. The van der Waals surface area contributed by atoms with Crippen LogP contribution < -0.4 is 0 Å². The fourth-order valence-corrected chi connectivity index (χ4v) is 1.37. The molecule has 0 spiro atoms. The molecular weight excluding hydrogens is 186 g/mol. The van der Waals surface area contributed by atoms with Crippen LogP contribution >= 0.6 is 11.6 Å². The summed E-state index contributed by atoms with van der Waals surface area (Å²) < 4.78 is 0. The Morgan fingerprint density at radius 3 is 2.62 bits per heavy atom. The molecule has 0 fully saturated rings. The van der Waals surface area contributed by atoms with E-state index in [0.29, 0.717) is 16.1 Å². The molecule has 66 valence electrons. The predicted molar refractivity (Wildman–Crippen MR) is 50.9 cm³/mol. The molecule has 13 heavy (non-hydrogen) atoms. The van der Waals surface area contributed by atoms with E-state index in [-0.39, 0.29) is 5.78 Å². The number of halogens is 1. The van der Waals surface area contributed by atoms with E-state index in [4.69, 9.17) is 16.9 Å². The van der Waals surface area contributed by atoms with Crippen LogP contribution in [0.4, 0.5) is 0 Å². The van der Waals surface area contributed by atoms with Gasteiger partial charge in [-0.25, -0.2) is 0 Å². The minimum Gasteiger partial charge on any atom is -0.294 e. The molecule has 1 rings (SSSR count). The number of carbonyl (C=O) groups is 1. The summed E-state index contributed by atoms with van der Waals surface area (Å²) in [4.78, 5) is 11.1. The van der Waals surface area contributed by atoms with Crippen molar-refractivity contribution in [3.8, 4) is 6.07 Å². The van der Waals surface area contributed by atoms with Crippen LogP contribution in [0.15, 0.2) is 12.1 Å². The molecule has 0 aliphatic carbocycles. The van der Waals surface area contributed by atoms with Gasteiger partial charge in [0.2, 0.25) is 0 Å². The smallest absolute Gasteiger partial charge is 0.161 e. The highest BCUT2D eigenvalue weighted by molar-refractivity contribution is 6.34. The van der Waals surface area contributed by atoms with E-state index in [9.17, 15) is 4.79 Å². The van der Waals surface area contributed by atoms with E-state index < -0.39 is 0 Å². The fourth-order valence-electron chi connectivity index (χ4n) is 1.07. The van der Waals surface area contributed by atoms with Crippen LogP contribution in [0.2, 0.25) is 5.02 Å². The highest BCUT2D eigenvalue weighted by Crippen LogP contribution is 2.21. The average molecular weight is 194 g/mol. The maximum atomic E-state index is 11.1. The third-order valence-electron chi connectivity index (χ3n) is 1.81. The largest absolute Gasteiger partial charge is 0.294 e. The molecule has 0 aliphatic heterocycles. The molecule has 1 aromatic carbocycles. The molecule has 0 saturated heterocycles. The van der Waals surface area contributed by atoms with Crippen LogP contribution in [-0.4, -0.2) is 5.78 Å². The van der Waals surface area contributed by atoms with E-state index >= 15 is 0 Å². The summed E-state index contributed by atoms with van der Waals surface area (Å²) in [5, 5.41) is 9.02. The van der Waals surface area contributed by atoms with Crippen molar-refractivity contribution in [2.75, 3.05) is 0 Å². The third kappa shape index (κ3) is 1.88. The maximum absolute atomic E-state index is 11.1. The zero-order chi connectivity index (χ0) is 10.0. The molecule has 0 amide bonds. The highest BCUT2D eigenvalue weighted by atomic mass is 35.5. The van der Waals surface area contributed by atoms with Crippen LogP contribution in [0, 0.1) is 18.3 Å². The minimum atomic E-state index is -0.0856. The first kappa shape index (κ1) is 9.76. The van der Waals surface area contributed by atoms with Crippen molar-refractivity contribution < 1.29 is 4.79 Å². The summed E-state index contributed by atoms with van der Waals surface area (Å²) >= 11 is 5.80. The molecular formula is C10H8ClNO. The first-order valence-corrected chi connectivity index (χ1v) is 4.15. The number of aryl methyl sites for hydroxylation is 1. The van der Waals surface area contributed by atoms with Gasteiger partial charge in [0, 0.05) is 5.56 Å². The molecule has 2 nitrogen and oxygen atoms in total. The standard InChI is InChI=1S/C10H8ClNO/c1-6-3-9(7(2)13)10(11)4-8(6)5-12/h3-4H,1-2H3. The molecule has 0 radical (unpaired) electrons. The Kier molecular flexibility index (Phi) is 2.69. The number of hydrogen-bond acceptors (Lipinski definition) is 2. The summed E-state index contributed by atoms with van der Waals surface area (Å²) in [5.74, 6) is -0.0856. The third-order valence-corrected chi connectivity index (χ3v) is 2.13. The lowest BCUT2D eigenvalue weighted by molar-refractivity contribution is 0.101. The Labute approximate surface area is 81.7 Å². The molecule has 0 aliphatic rings. The van der Waals surface area contributed by atoms with Crippen LogP contribution in [0.1, 0.15) is 28.4 Å². The van der Waals surface area contributed by atoms with Crippen molar-refractivity contribution in [1.29, 1.82) is 5.26 Å². The van der Waals surface area contributed by atoms with E-state index in [1.165, 1.54) is 13.0 Å². The number of Topliss-reactive ketones (excluding diaryl/α,β-unsaturated/α-hetero) is 1. The van der Waals surface area contributed by atoms with Crippen molar-refractivity contribution >= 4 is 17.4 Å². The van der Waals surface area contributed by atoms with Crippen LogP contribution in [-0.2, 0) is 0 Å². The molecule has 0 saturated carbocycles. The maximum Gasteiger partial charge on any atom is 0.161 e. The van der Waals surface area contributed by atoms with E-state index in [1.807, 2.05) is 6.07 Å². The number of carbonyl (C=O) groups excluding carboxylic acids is 1. The zero-order valence-corrected chi connectivity index (χ0v) is 8.14. The molecule has 0 aromatic heterocycles. The van der Waals surface area contributed by atoms with Gasteiger partial charge in [0.25, 0.3) is 0 Å². The van der Waals surface area contributed by atoms with Gasteiger partial charge in [-0.05, 0) is 31.5 Å². The van der Waals surface area contributed by atoms with E-state index in [1.54, 1.807) is 13.0 Å². The first-order chi connectivity index (χ1) is 6.06. The molecule has 0 unspecified atom stereocenters. The summed E-state index contributed by atoms with van der Waals surface area (Å²) in [7, 11) is 0. The quantitative estimate of drug-likeness (QED) is 0.644. The number of ketones is 1. The molecule has 0 N–H and O–H groups in total. The molecule has 0 heterocycles. The summed E-state index contributed by atoms with van der Waals surface area (Å²) in [5.41, 5.74) is 1.75. The average Bonchev–Trinajstić information content (AvgIpc) is 2.07. The number of nitriles is 1. The van der Waals surface area contributed by atoms with Crippen molar-refractivity contribution in [3.63, 3.8) is 0 Å². The van der Waals surface area contributed by atoms with Gasteiger partial charge in [-0.2, -0.15) is 5.26 Å². The summed E-state index contributed by atoms with van der Waals surface area (Å²) in [6.07, 6.45) is 0. The van der Waals surface area contributed by atoms with Crippen LogP contribution in [0.5, 0.6) is 0 Å². The molecule has 0 bridgehead atoms. The summed E-state index contributed by atoms with van der Waals surface area (Å²) in [6.45, 7) is 3.23. The van der Waals surface area contributed by atoms with Gasteiger partial charge < -0.3 is 0 Å². The normalized spacial score (nSPS) is 9.38. The second kappa shape index (κ2) is 3.59. The Morgan fingerprint density at radius 1 is 1.54 bits per heavy atom. The van der Waals surface area contributed by atoms with E-state index in [2.05, 4.69) is 0 Å². The van der Waals surface area contributed by atoms with Crippen molar-refractivity contribution in [1.82, 2.24) is 0 Å². The Bertz CT molecular complexity index is 404. The lowest BCUT2D eigenvalue weighted by Gasteiger charge is -2.02. The van der Waals surface area contributed by atoms with Gasteiger partial charge >= 0.3 is 0 Å². The molecule has 0 atom stereocenters. The van der Waals surface area contributed by atoms with Crippen molar-refractivity contribution in [2.45, 2.75) is 13.8 Å². The Hall–Kier alpha value is -1.33.